The van der Waals surface area contributed by atoms with Gasteiger partial charge in [-0.2, -0.15) is 0 Å². The molecule has 102 valence electrons. The zero-order valence-electron chi connectivity index (χ0n) is 11.1. The fourth-order valence-corrected chi connectivity index (χ4v) is 3.54. The van der Waals surface area contributed by atoms with Crippen molar-refractivity contribution in [3.05, 3.63) is 45.9 Å². The Bertz CT molecular complexity index is 549. The molecule has 2 aromatic rings. The van der Waals surface area contributed by atoms with E-state index >= 15 is 0 Å². The lowest BCUT2D eigenvalue weighted by Crippen LogP contribution is -2.04. The van der Waals surface area contributed by atoms with Gasteiger partial charge in [0.05, 0.1) is 23.6 Å². The summed E-state index contributed by atoms with van der Waals surface area (Å²) in [4.78, 5) is 4.34. The number of ether oxygens (including phenoxy) is 1. The molecule has 0 amide bonds. The fraction of sp³-hybridized carbons (Fsp3) is 0.357. The lowest BCUT2D eigenvalue weighted by Gasteiger charge is -2.03. The second kappa shape index (κ2) is 6.82. The van der Waals surface area contributed by atoms with Gasteiger partial charge in [0.25, 0.3) is 0 Å². The van der Waals surface area contributed by atoms with Crippen molar-refractivity contribution < 1.29 is 8.95 Å². The third-order valence-corrected chi connectivity index (χ3v) is 4.85. The van der Waals surface area contributed by atoms with Crippen molar-refractivity contribution in [1.82, 2.24) is 4.98 Å². The minimum Gasteiger partial charge on any atom is -0.497 e. The normalized spacial score (nSPS) is 12.3. The number of aromatic nitrogens is 1. The molecule has 1 aromatic heterocycles. The van der Waals surface area contributed by atoms with Crippen LogP contribution in [0.3, 0.4) is 0 Å². The predicted octanol–water partition coefficient (Wildman–Crippen LogP) is 2.95. The van der Waals surface area contributed by atoms with Crippen molar-refractivity contribution in [2.45, 2.75) is 19.1 Å². The molecule has 19 heavy (non-hydrogen) atoms. The topological polar surface area (TPSA) is 39.2 Å². The van der Waals surface area contributed by atoms with E-state index in [1.165, 1.54) is 5.56 Å². The van der Waals surface area contributed by atoms with E-state index in [2.05, 4.69) is 4.98 Å². The molecule has 1 unspecified atom stereocenters. The van der Waals surface area contributed by atoms with Gasteiger partial charge >= 0.3 is 0 Å². The standard InChI is InChI=1S/C14H17NO2S2/c1-11-15-13(9-18-11)10-19(16)8-7-12-3-5-14(17-2)6-4-12/h3-6,9H,7-8,10H2,1-2H3. The fourth-order valence-electron chi connectivity index (χ4n) is 1.74. The van der Waals surface area contributed by atoms with Crippen LogP contribution in [0.25, 0.3) is 0 Å². The second-order valence-corrected chi connectivity index (χ2v) is 6.88. The third kappa shape index (κ3) is 4.44. The van der Waals surface area contributed by atoms with Crippen molar-refractivity contribution in [3.63, 3.8) is 0 Å². The highest BCUT2D eigenvalue weighted by molar-refractivity contribution is 7.84. The first-order chi connectivity index (χ1) is 9.17. The van der Waals surface area contributed by atoms with Gasteiger partial charge in [0.1, 0.15) is 5.75 Å². The Morgan fingerprint density at radius 2 is 2.05 bits per heavy atom. The largest absolute Gasteiger partial charge is 0.497 e. The number of hydrogen-bond donors (Lipinski definition) is 0. The van der Waals surface area contributed by atoms with Crippen molar-refractivity contribution in [1.29, 1.82) is 0 Å². The molecule has 0 N–H and O–H groups in total. The van der Waals surface area contributed by atoms with E-state index in [1.54, 1.807) is 18.4 Å². The van der Waals surface area contributed by atoms with Crippen LogP contribution in [0.15, 0.2) is 29.6 Å². The summed E-state index contributed by atoms with van der Waals surface area (Å²) < 4.78 is 17.1. The van der Waals surface area contributed by atoms with Gasteiger partial charge in [-0.15, -0.1) is 11.3 Å². The molecule has 3 nitrogen and oxygen atoms in total. The number of rotatable bonds is 6. The van der Waals surface area contributed by atoms with E-state index < -0.39 is 10.8 Å². The first-order valence-electron chi connectivity index (χ1n) is 6.06. The van der Waals surface area contributed by atoms with Crippen LogP contribution < -0.4 is 4.74 Å². The number of hydrogen-bond acceptors (Lipinski definition) is 4. The minimum atomic E-state index is -0.852. The quantitative estimate of drug-likeness (QED) is 0.822. The van der Waals surface area contributed by atoms with Crippen LogP contribution in [0.5, 0.6) is 5.75 Å². The van der Waals surface area contributed by atoms with Gasteiger partial charge in [0, 0.05) is 21.9 Å². The molecule has 0 aliphatic carbocycles. The van der Waals surface area contributed by atoms with E-state index in [0.29, 0.717) is 11.5 Å². The van der Waals surface area contributed by atoms with Crippen molar-refractivity contribution in [2.24, 2.45) is 0 Å². The summed E-state index contributed by atoms with van der Waals surface area (Å²) in [6, 6.07) is 7.90. The van der Waals surface area contributed by atoms with Gasteiger partial charge in [-0.05, 0) is 31.0 Å². The number of thiazole rings is 1. The maximum absolute atomic E-state index is 12.0. The lowest BCUT2D eigenvalue weighted by molar-refractivity contribution is 0.414. The van der Waals surface area contributed by atoms with Gasteiger partial charge in [-0.25, -0.2) is 4.98 Å². The van der Waals surface area contributed by atoms with Gasteiger partial charge in [-0.3, -0.25) is 4.21 Å². The Morgan fingerprint density at radius 3 is 2.63 bits per heavy atom. The molecule has 0 saturated carbocycles. The van der Waals surface area contributed by atoms with Crippen LogP contribution in [0, 0.1) is 6.92 Å². The zero-order valence-corrected chi connectivity index (χ0v) is 12.7. The van der Waals surface area contributed by atoms with Crippen molar-refractivity contribution in [2.75, 3.05) is 12.9 Å². The summed E-state index contributed by atoms with van der Waals surface area (Å²) in [7, 11) is 0.800. The highest BCUT2D eigenvalue weighted by Crippen LogP contribution is 2.13. The summed E-state index contributed by atoms with van der Waals surface area (Å²) >= 11 is 1.61. The average Bonchev–Trinajstić information content (AvgIpc) is 2.82. The molecule has 0 aliphatic heterocycles. The molecule has 1 atom stereocenters. The maximum atomic E-state index is 12.0. The van der Waals surface area contributed by atoms with Crippen LogP contribution in [0.1, 0.15) is 16.3 Å². The Balaban J connectivity index is 1.82. The van der Waals surface area contributed by atoms with Crippen molar-refractivity contribution >= 4 is 22.1 Å². The van der Waals surface area contributed by atoms with E-state index in [-0.39, 0.29) is 0 Å². The van der Waals surface area contributed by atoms with Gasteiger partial charge in [-0.1, -0.05) is 12.1 Å². The Morgan fingerprint density at radius 1 is 1.32 bits per heavy atom. The molecule has 0 spiro atoms. The second-order valence-electron chi connectivity index (χ2n) is 4.24. The predicted molar refractivity (Wildman–Crippen MR) is 80.3 cm³/mol. The maximum Gasteiger partial charge on any atom is 0.118 e. The van der Waals surface area contributed by atoms with Gasteiger partial charge < -0.3 is 4.74 Å². The zero-order chi connectivity index (χ0) is 13.7. The number of aryl methyl sites for hydroxylation is 2. The van der Waals surface area contributed by atoms with Crippen molar-refractivity contribution in [3.8, 4) is 5.75 Å². The van der Waals surface area contributed by atoms with Gasteiger partial charge in [0.2, 0.25) is 0 Å². The molecule has 5 heteroatoms. The summed E-state index contributed by atoms with van der Waals surface area (Å²) in [5.74, 6) is 2.08. The smallest absolute Gasteiger partial charge is 0.118 e. The SMILES string of the molecule is COc1ccc(CCS(=O)Cc2csc(C)n2)cc1. The van der Waals surface area contributed by atoms with E-state index in [9.17, 15) is 4.21 Å². The monoisotopic (exact) mass is 295 g/mol. The molecule has 1 aromatic carbocycles. The molecule has 2 rings (SSSR count). The summed E-state index contributed by atoms with van der Waals surface area (Å²) in [5.41, 5.74) is 2.12. The van der Waals surface area contributed by atoms with Crippen LogP contribution in [0.4, 0.5) is 0 Å². The number of benzene rings is 1. The van der Waals surface area contributed by atoms with Crippen LogP contribution >= 0.6 is 11.3 Å². The lowest BCUT2D eigenvalue weighted by atomic mass is 10.2. The molecule has 0 fully saturated rings. The Hall–Kier alpha value is -1.20. The number of nitrogens with zero attached hydrogens (tertiary/aromatic N) is 1. The Labute approximate surface area is 120 Å². The van der Waals surface area contributed by atoms with E-state index in [4.69, 9.17) is 4.74 Å². The summed E-state index contributed by atoms with van der Waals surface area (Å²) in [6.45, 7) is 1.97. The summed E-state index contributed by atoms with van der Waals surface area (Å²) in [6.07, 6.45) is 0.819. The average molecular weight is 295 g/mol. The molecular formula is C14H17NO2S2. The number of methoxy groups -OCH3 is 1. The molecule has 0 aliphatic rings. The molecule has 0 saturated heterocycles. The van der Waals surface area contributed by atoms with Crippen LogP contribution in [-0.2, 0) is 23.0 Å². The van der Waals surface area contributed by atoms with E-state index in [1.807, 2.05) is 36.6 Å². The first-order valence-corrected chi connectivity index (χ1v) is 8.43. The first kappa shape index (κ1) is 14.2. The highest BCUT2D eigenvalue weighted by atomic mass is 32.2. The molecule has 0 bridgehead atoms. The molecule has 1 heterocycles. The van der Waals surface area contributed by atoms with Crippen LogP contribution in [0.2, 0.25) is 0 Å². The van der Waals surface area contributed by atoms with Crippen LogP contribution in [-0.4, -0.2) is 22.1 Å². The highest BCUT2D eigenvalue weighted by Gasteiger charge is 2.05. The molecule has 0 radical (unpaired) electrons. The molecular weight excluding hydrogens is 278 g/mol. The van der Waals surface area contributed by atoms with E-state index in [0.717, 1.165) is 22.9 Å². The Kier molecular flexibility index (Phi) is 5.10. The van der Waals surface area contributed by atoms with Gasteiger partial charge in [0.15, 0.2) is 0 Å². The minimum absolute atomic E-state index is 0.556. The third-order valence-electron chi connectivity index (χ3n) is 2.75. The summed E-state index contributed by atoms with van der Waals surface area (Å²) in [5, 5.41) is 3.02.